The SMILES string of the molecule is C=CC(=O)N1CCCC[C@H]1c1nc(-c2ccc(C(=O)Nc3cc(-c4ccc(C#N)cc4)ccn3)cc2)c(C(N)=O)n1N. The Kier molecular flexibility index (Phi) is 7.79. The molecule has 0 bridgehead atoms. The molecule has 3 heterocycles. The summed E-state index contributed by atoms with van der Waals surface area (Å²) in [6.45, 7) is 4.11. The number of pyridine rings is 1. The third-order valence-electron chi connectivity index (χ3n) is 7.20. The average Bonchev–Trinajstić information content (AvgIpc) is 3.37. The van der Waals surface area contributed by atoms with Gasteiger partial charge >= 0.3 is 0 Å². The Labute approximate surface area is 242 Å². The second kappa shape index (κ2) is 11.8. The fraction of sp³-hybridized carbons (Fsp3) is 0.161. The highest BCUT2D eigenvalue weighted by molar-refractivity contribution is 6.04. The minimum absolute atomic E-state index is 0.00240. The van der Waals surface area contributed by atoms with Crippen molar-refractivity contribution in [3.63, 3.8) is 0 Å². The van der Waals surface area contributed by atoms with Crippen LogP contribution in [0.1, 0.15) is 57.5 Å². The summed E-state index contributed by atoms with van der Waals surface area (Å²) in [4.78, 5) is 48.5. The molecule has 210 valence electrons. The molecular weight excluding hydrogens is 532 g/mol. The molecule has 0 spiro atoms. The second-order valence-electron chi connectivity index (χ2n) is 9.80. The van der Waals surface area contributed by atoms with Crippen molar-refractivity contribution in [1.29, 1.82) is 5.26 Å². The first-order chi connectivity index (χ1) is 20.3. The molecule has 0 aliphatic carbocycles. The van der Waals surface area contributed by atoms with Crippen molar-refractivity contribution in [3.05, 3.63) is 102 Å². The van der Waals surface area contributed by atoms with Gasteiger partial charge in [0.05, 0.1) is 17.7 Å². The Bertz CT molecular complexity index is 1720. The Morgan fingerprint density at radius 2 is 1.74 bits per heavy atom. The first-order valence-corrected chi connectivity index (χ1v) is 13.3. The number of carbonyl (C=O) groups excluding carboxylic acids is 3. The van der Waals surface area contributed by atoms with Gasteiger partial charge in [-0.05, 0) is 72.9 Å². The molecule has 2 aromatic carbocycles. The number of hydrogen-bond donors (Lipinski definition) is 3. The predicted molar refractivity (Wildman–Crippen MR) is 157 cm³/mol. The lowest BCUT2D eigenvalue weighted by Crippen LogP contribution is -2.39. The van der Waals surface area contributed by atoms with E-state index in [0.29, 0.717) is 41.3 Å². The van der Waals surface area contributed by atoms with Gasteiger partial charge in [0.15, 0.2) is 11.5 Å². The van der Waals surface area contributed by atoms with Gasteiger partial charge in [-0.3, -0.25) is 14.4 Å². The molecule has 3 amide bonds. The van der Waals surface area contributed by atoms with Gasteiger partial charge in [0.1, 0.15) is 11.5 Å². The number of nitrogens with zero attached hydrogens (tertiary/aromatic N) is 5. The number of aromatic nitrogens is 3. The second-order valence-corrected chi connectivity index (χ2v) is 9.80. The van der Waals surface area contributed by atoms with Crippen LogP contribution in [0.3, 0.4) is 0 Å². The van der Waals surface area contributed by atoms with E-state index in [-0.39, 0.29) is 23.2 Å². The lowest BCUT2D eigenvalue weighted by atomic mass is 10.0. The van der Waals surface area contributed by atoms with E-state index in [4.69, 9.17) is 16.8 Å². The highest BCUT2D eigenvalue weighted by Gasteiger charge is 2.33. The van der Waals surface area contributed by atoms with E-state index in [1.54, 1.807) is 53.6 Å². The molecule has 5 N–H and O–H groups in total. The number of piperidine rings is 1. The van der Waals surface area contributed by atoms with Crippen LogP contribution in [-0.4, -0.2) is 43.8 Å². The fourth-order valence-electron chi connectivity index (χ4n) is 5.09. The number of hydrogen-bond acceptors (Lipinski definition) is 7. The molecule has 2 aromatic heterocycles. The fourth-order valence-corrected chi connectivity index (χ4v) is 5.09. The third-order valence-corrected chi connectivity index (χ3v) is 7.20. The quantitative estimate of drug-likeness (QED) is 0.228. The van der Waals surface area contributed by atoms with Gasteiger partial charge in [-0.25, -0.2) is 14.6 Å². The number of imidazole rings is 1. The Morgan fingerprint density at radius 3 is 2.40 bits per heavy atom. The molecule has 1 atom stereocenters. The number of nitrogen functional groups attached to an aromatic ring is 1. The van der Waals surface area contributed by atoms with Crippen LogP contribution in [0.15, 0.2) is 79.5 Å². The standard InChI is InChI=1S/C31H28N8O3/c1-2-26(40)38-16-4-3-5-24(38)30-37-27(28(29(33)41)39(30)34)21-10-12-22(13-11-21)31(42)36-25-17-23(14-15-35-25)20-8-6-19(18-32)7-9-20/h2,6-15,17,24H,1,3-5,16,34H2,(H2,33,41)(H,35,36,42)/t24-/m0/s1. The van der Waals surface area contributed by atoms with Crippen LogP contribution in [0.5, 0.6) is 0 Å². The van der Waals surface area contributed by atoms with Crippen molar-refractivity contribution in [1.82, 2.24) is 19.5 Å². The lowest BCUT2D eigenvalue weighted by Gasteiger charge is -2.34. The molecular formula is C31H28N8O3. The highest BCUT2D eigenvalue weighted by atomic mass is 16.2. The number of anilines is 1. The zero-order valence-electron chi connectivity index (χ0n) is 22.7. The van der Waals surface area contributed by atoms with E-state index < -0.39 is 11.9 Å². The summed E-state index contributed by atoms with van der Waals surface area (Å²) in [6, 6.07) is 18.8. The number of carbonyl (C=O) groups is 3. The molecule has 4 aromatic rings. The monoisotopic (exact) mass is 560 g/mol. The van der Waals surface area contributed by atoms with Gasteiger partial charge in [0.25, 0.3) is 11.8 Å². The molecule has 0 radical (unpaired) electrons. The zero-order chi connectivity index (χ0) is 29.8. The highest BCUT2D eigenvalue weighted by Crippen LogP contribution is 2.33. The summed E-state index contributed by atoms with van der Waals surface area (Å²) in [7, 11) is 0. The van der Waals surface area contributed by atoms with E-state index in [1.165, 1.54) is 6.08 Å². The van der Waals surface area contributed by atoms with Crippen LogP contribution in [0.2, 0.25) is 0 Å². The van der Waals surface area contributed by atoms with Crippen molar-refractivity contribution >= 4 is 23.5 Å². The van der Waals surface area contributed by atoms with E-state index in [2.05, 4.69) is 27.9 Å². The summed E-state index contributed by atoms with van der Waals surface area (Å²) in [5.74, 6) is 5.64. The van der Waals surface area contributed by atoms with Crippen molar-refractivity contribution in [2.75, 3.05) is 17.7 Å². The van der Waals surface area contributed by atoms with E-state index in [9.17, 15) is 14.4 Å². The van der Waals surface area contributed by atoms with Gasteiger partial charge in [-0.1, -0.05) is 30.8 Å². The van der Waals surface area contributed by atoms with Crippen LogP contribution in [0.25, 0.3) is 22.4 Å². The van der Waals surface area contributed by atoms with Crippen LogP contribution >= 0.6 is 0 Å². The van der Waals surface area contributed by atoms with E-state index in [1.807, 2.05) is 18.2 Å². The van der Waals surface area contributed by atoms with E-state index in [0.717, 1.165) is 28.6 Å². The van der Waals surface area contributed by atoms with Crippen molar-refractivity contribution in [2.45, 2.75) is 25.3 Å². The Hall–Kier alpha value is -5.76. The van der Waals surface area contributed by atoms with Crippen LogP contribution in [0.4, 0.5) is 5.82 Å². The van der Waals surface area contributed by atoms with Crippen LogP contribution in [-0.2, 0) is 4.79 Å². The number of nitriles is 1. The van der Waals surface area contributed by atoms with Gasteiger partial charge < -0.3 is 21.8 Å². The van der Waals surface area contributed by atoms with Crippen molar-refractivity contribution in [2.24, 2.45) is 5.73 Å². The number of benzene rings is 2. The van der Waals surface area contributed by atoms with Crippen LogP contribution in [0, 0.1) is 11.3 Å². The summed E-state index contributed by atoms with van der Waals surface area (Å²) in [6.07, 6.45) is 5.18. The third kappa shape index (κ3) is 5.46. The molecule has 1 fully saturated rings. The molecule has 1 aliphatic heterocycles. The minimum Gasteiger partial charge on any atom is -0.364 e. The van der Waals surface area contributed by atoms with Gasteiger partial charge in [-0.15, -0.1) is 0 Å². The number of rotatable bonds is 7. The van der Waals surface area contributed by atoms with Crippen LogP contribution < -0.4 is 16.9 Å². The lowest BCUT2D eigenvalue weighted by molar-refractivity contribution is -0.129. The summed E-state index contributed by atoms with van der Waals surface area (Å²) in [5, 5.41) is 11.8. The Morgan fingerprint density at radius 1 is 1.02 bits per heavy atom. The molecule has 42 heavy (non-hydrogen) atoms. The molecule has 11 heteroatoms. The number of amides is 3. The minimum atomic E-state index is -0.765. The van der Waals surface area contributed by atoms with Gasteiger partial charge in [-0.2, -0.15) is 5.26 Å². The molecule has 1 aliphatic rings. The maximum atomic E-state index is 13.0. The van der Waals surface area contributed by atoms with Crippen molar-refractivity contribution < 1.29 is 14.4 Å². The summed E-state index contributed by atoms with van der Waals surface area (Å²) in [5.41, 5.74) is 9.11. The predicted octanol–water partition coefficient (Wildman–Crippen LogP) is 3.79. The number of primary amides is 1. The smallest absolute Gasteiger partial charge is 0.269 e. The maximum absolute atomic E-state index is 13.0. The molecule has 1 saturated heterocycles. The maximum Gasteiger partial charge on any atom is 0.269 e. The summed E-state index contributed by atoms with van der Waals surface area (Å²) < 4.78 is 1.16. The molecule has 11 nitrogen and oxygen atoms in total. The zero-order valence-corrected chi connectivity index (χ0v) is 22.7. The normalized spacial score (nSPS) is 14.5. The first kappa shape index (κ1) is 27.8. The Balaban J connectivity index is 1.38. The first-order valence-electron chi connectivity index (χ1n) is 13.3. The number of nitrogens with one attached hydrogen (secondary N) is 1. The number of likely N-dealkylation sites (tertiary alicyclic amines) is 1. The van der Waals surface area contributed by atoms with Gasteiger partial charge in [0.2, 0.25) is 5.91 Å². The molecule has 5 rings (SSSR count). The topological polar surface area (TPSA) is 173 Å². The molecule has 0 saturated carbocycles. The largest absolute Gasteiger partial charge is 0.364 e. The van der Waals surface area contributed by atoms with Gasteiger partial charge in [0, 0.05) is 23.9 Å². The number of nitrogens with two attached hydrogens (primary N) is 2. The summed E-state index contributed by atoms with van der Waals surface area (Å²) >= 11 is 0. The molecule has 0 unspecified atom stereocenters. The van der Waals surface area contributed by atoms with E-state index >= 15 is 0 Å². The van der Waals surface area contributed by atoms with Crippen molar-refractivity contribution in [3.8, 4) is 28.5 Å². The average molecular weight is 561 g/mol.